The number of carbonyl (C=O) groups excluding carboxylic acids is 1. The van der Waals surface area contributed by atoms with Gasteiger partial charge in [-0.1, -0.05) is 0 Å². The van der Waals surface area contributed by atoms with Crippen LogP contribution in [-0.4, -0.2) is 38.3 Å². The van der Waals surface area contributed by atoms with Crippen LogP contribution in [0.25, 0.3) is 0 Å². The summed E-state index contributed by atoms with van der Waals surface area (Å²) in [6.45, 7) is 1.85. The van der Waals surface area contributed by atoms with Crippen LogP contribution in [0.2, 0.25) is 0 Å². The fourth-order valence-corrected chi connectivity index (χ4v) is 2.54. The number of amides is 1. The molecule has 0 aliphatic rings. The maximum absolute atomic E-state index is 12.1. The zero-order valence-corrected chi connectivity index (χ0v) is 12.0. The van der Waals surface area contributed by atoms with Crippen molar-refractivity contribution in [2.45, 2.75) is 13.3 Å². The van der Waals surface area contributed by atoms with Crippen LogP contribution in [0.4, 0.5) is 5.69 Å². The van der Waals surface area contributed by atoms with Crippen LogP contribution in [0.5, 0.6) is 0 Å². The van der Waals surface area contributed by atoms with Crippen molar-refractivity contribution in [2.75, 3.05) is 11.9 Å². The second kappa shape index (κ2) is 7.20. The van der Waals surface area contributed by atoms with E-state index >= 15 is 0 Å². The van der Waals surface area contributed by atoms with Crippen molar-refractivity contribution in [2.24, 2.45) is 0 Å². The molecule has 2 heterocycles. The Hall–Kier alpha value is -1.91. The highest BCUT2D eigenvalue weighted by Gasteiger charge is 2.15. The number of nitrogens with one attached hydrogen (secondary N) is 1. The molecule has 0 bridgehead atoms. The van der Waals surface area contributed by atoms with Crippen molar-refractivity contribution >= 4 is 22.9 Å². The summed E-state index contributed by atoms with van der Waals surface area (Å²) in [7, 11) is 0. The van der Waals surface area contributed by atoms with Gasteiger partial charge in [0.05, 0.1) is 29.6 Å². The molecule has 112 valence electrons. The monoisotopic (exact) mass is 310 g/mol. The molecular weight excluding hydrogens is 296 g/mol. The number of hydrogen-bond acceptors (Lipinski definition) is 8. The molecule has 0 radical (unpaired) electrons. The van der Waals surface area contributed by atoms with Crippen LogP contribution in [0.3, 0.4) is 0 Å². The van der Waals surface area contributed by atoms with Crippen LogP contribution < -0.4 is 5.32 Å². The summed E-state index contributed by atoms with van der Waals surface area (Å²) in [6, 6.07) is 3.46. The molecule has 0 saturated heterocycles. The van der Waals surface area contributed by atoms with Crippen molar-refractivity contribution in [3.05, 3.63) is 40.1 Å². The zero-order chi connectivity index (χ0) is 15.2. The molecule has 9 heteroatoms. The molecule has 0 aliphatic carbocycles. The third kappa shape index (κ3) is 4.55. The fourth-order valence-electron chi connectivity index (χ4n) is 1.60. The van der Waals surface area contributed by atoms with E-state index in [-0.39, 0.29) is 17.9 Å². The van der Waals surface area contributed by atoms with Gasteiger partial charge in [0, 0.05) is 17.5 Å². The fraction of sp³-hybridized carbons (Fsp3) is 0.250. The molecule has 2 rings (SSSR count). The molecule has 2 aromatic rings. The summed E-state index contributed by atoms with van der Waals surface area (Å²) in [6.07, 6.45) is 3.58. The van der Waals surface area contributed by atoms with Gasteiger partial charge < -0.3 is 5.32 Å². The Balaban J connectivity index is 1.99. The van der Waals surface area contributed by atoms with Gasteiger partial charge in [0.1, 0.15) is 0 Å². The lowest BCUT2D eigenvalue weighted by Crippen LogP contribution is -2.16. The van der Waals surface area contributed by atoms with E-state index in [4.69, 9.17) is 10.4 Å². The van der Waals surface area contributed by atoms with Crippen molar-refractivity contribution in [1.29, 1.82) is 0 Å². The second-order valence-corrected chi connectivity index (χ2v) is 5.14. The molecule has 1 amide bonds. The average Bonchev–Trinajstić information content (AvgIpc) is 2.81. The Kier molecular flexibility index (Phi) is 5.31. The molecule has 0 aliphatic heterocycles. The first-order valence-electron chi connectivity index (χ1n) is 6.04. The lowest BCUT2D eigenvalue weighted by molar-refractivity contribution is -0.492. The van der Waals surface area contributed by atoms with E-state index in [1.165, 1.54) is 11.3 Å². The summed E-state index contributed by atoms with van der Waals surface area (Å²) in [5.41, 5.74) is 1.30. The topological polar surface area (TPSA) is 108 Å². The van der Waals surface area contributed by atoms with Crippen molar-refractivity contribution in [1.82, 2.24) is 15.4 Å². The van der Waals surface area contributed by atoms with Crippen LogP contribution in [0.15, 0.2) is 24.5 Å². The SMILES string of the molecule is Cc1nc(C(=O)Nc2cccnc2)sc1CCON(O)O. The summed E-state index contributed by atoms with van der Waals surface area (Å²) in [5.74, 6) is -0.311. The number of aryl methyl sites for hydroxylation is 1. The minimum Gasteiger partial charge on any atom is -0.319 e. The van der Waals surface area contributed by atoms with E-state index in [0.29, 0.717) is 22.8 Å². The van der Waals surface area contributed by atoms with Gasteiger partial charge in [-0.3, -0.25) is 25.0 Å². The number of thiazole rings is 1. The highest BCUT2D eigenvalue weighted by Crippen LogP contribution is 2.20. The predicted molar refractivity (Wildman–Crippen MR) is 74.1 cm³/mol. The molecule has 0 aromatic carbocycles. The molecule has 2 aromatic heterocycles. The minimum absolute atomic E-state index is 0.0691. The maximum atomic E-state index is 12.1. The Morgan fingerprint density at radius 3 is 3.00 bits per heavy atom. The lowest BCUT2D eigenvalue weighted by Gasteiger charge is -2.04. The molecule has 0 fully saturated rings. The van der Waals surface area contributed by atoms with E-state index in [1.807, 2.05) is 0 Å². The largest absolute Gasteiger partial charge is 0.319 e. The number of nitrogens with zero attached hydrogens (tertiary/aromatic N) is 3. The summed E-state index contributed by atoms with van der Waals surface area (Å²) < 4.78 is 0. The van der Waals surface area contributed by atoms with E-state index < -0.39 is 0 Å². The van der Waals surface area contributed by atoms with Crippen molar-refractivity contribution < 1.29 is 20.0 Å². The number of carbonyl (C=O) groups is 1. The number of rotatable bonds is 6. The number of pyridine rings is 1. The van der Waals surface area contributed by atoms with Gasteiger partial charge in [-0.25, -0.2) is 4.98 Å². The predicted octanol–water partition coefficient (Wildman–Crippen LogP) is 1.65. The number of hydrogen-bond donors (Lipinski definition) is 3. The van der Waals surface area contributed by atoms with Crippen molar-refractivity contribution in [3.63, 3.8) is 0 Å². The van der Waals surface area contributed by atoms with E-state index in [0.717, 1.165) is 4.88 Å². The van der Waals surface area contributed by atoms with Gasteiger partial charge in [0.25, 0.3) is 5.91 Å². The Bertz CT molecular complexity index is 603. The highest BCUT2D eigenvalue weighted by atomic mass is 32.1. The first-order chi connectivity index (χ1) is 10.1. The summed E-state index contributed by atoms with van der Waals surface area (Å²) >= 11 is 1.23. The Morgan fingerprint density at radius 2 is 2.33 bits per heavy atom. The molecule has 21 heavy (non-hydrogen) atoms. The number of anilines is 1. The van der Waals surface area contributed by atoms with Crippen LogP contribution in [0.1, 0.15) is 20.4 Å². The van der Waals surface area contributed by atoms with Gasteiger partial charge in [-0.2, -0.15) is 0 Å². The van der Waals surface area contributed by atoms with Crippen LogP contribution in [0, 0.1) is 6.92 Å². The molecule has 0 saturated carbocycles. The third-order valence-corrected chi connectivity index (χ3v) is 3.76. The molecule has 8 nitrogen and oxygen atoms in total. The molecular formula is C12H14N4O4S. The van der Waals surface area contributed by atoms with Gasteiger partial charge in [0.15, 0.2) is 5.01 Å². The second-order valence-electron chi connectivity index (χ2n) is 4.06. The van der Waals surface area contributed by atoms with Gasteiger partial charge in [-0.15, -0.1) is 11.3 Å². The van der Waals surface area contributed by atoms with E-state index in [9.17, 15) is 4.79 Å². The van der Waals surface area contributed by atoms with Crippen LogP contribution >= 0.6 is 11.3 Å². The first-order valence-corrected chi connectivity index (χ1v) is 6.86. The molecule has 0 atom stereocenters. The Morgan fingerprint density at radius 1 is 1.52 bits per heavy atom. The van der Waals surface area contributed by atoms with Crippen molar-refractivity contribution in [3.8, 4) is 0 Å². The van der Waals surface area contributed by atoms with E-state index in [2.05, 4.69) is 20.1 Å². The lowest BCUT2D eigenvalue weighted by atomic mass is 10.3. The number of aromatic nitrogens is 2. The van der Waals surface area contributed by atoms with Gasteiger partial charge in [-0.05, 0) is 19.1 Å². The maximum Gasteiger partial charge on any atom is 0.284 e. The summed E-state index contributed by atoms with van der Waals surface area (Å²) in [5, 5.41) is 19.6. The Labute approximate surface area is 124 Å². The standard InChI is InChI=1S/C12H14N4O4S/c1-8-10(4-6-20-16(18)19)21-12(14-8)11(17)15-9-3-2-5-13-7-9/h2-3,5,7,18-19H,4,6H2,1H3,(H,15,17). The molecule has 0 unspecified atom stereocenters. The van der Waals surface area contributed by atoms with Gasteiger partial charge >= 0.3 is 0 Å². The molecule has 3 N–H and O–H groups in total. The minimum atomic E-state index is -0.341. The van der Waals surface area contributed by atoms with Gasteiger partial charge in [0.2, 0.25) is 0 Å². The zero-order valence-electron chi connectivity index (χ0n) is 11.2. The third-order valence-electron chi connectivity index (χ3n) is 2.54. The van der Waals surface area contributed by atoms with E-state index in [1.54, 1.807) is 31.5 Å². The normalized spacial score (nSPS) is 10.9. The van der Waals surface area contributed by atoms with Crippen LogP contribution in [-0.2, 0) is 11.3 Å². The highest BCUT2D eigenvalue weighted by molar-refractivity contribution is 7.13. The smallest absolute Gasteiger partial charge is 0.284 e. The first kappa shape index (κ1) is 15.5. The molecule has 0 spiro atoms. The summed E-state index contributed by atoms with van der Waals surface area (Å²) in [4.78, 5) is 25.5. The quantitative estimate of drug-likeness (QED) is 0.696. The average molecular weight is 310 g/mol.